The summed E-state index contributed by atoms with van der Waals surface area (Å²) in [5, 5.41) is 6.31. The van der Waals surface area contributed by atoms with E-state index in [9.17, 15) is 9.59 Å². The van der Waals surface area contributed by atoms with Crippen LogP contribution in [-0.2, 0) is 4.79 Å². The Balaban J connectivity index is 1.55. The van der Waals surface area contributed by atoms with E-state index in [-0.39, 0.29) is 17.4 Å². The van der Waals surface area contributed by atoms with Crippen LogP contribution in [-0.4, -0.2) is 43.2 Å². The SMILES string of the molecule is C=CC(=O)N1CCC[C@@H](n2nc(-c3ccc(-n4ccc(=O)cc4)cc3)c3c(Cl)ccnc32)C1. The molecule has 1 amide bonds. The largest absolute Gasteiger partial charge is 0.337 e. The third kappa shape index (κ3) is 3.96. The van der Waals surface area contributed by atoms with Gasteiger partial charge in [-0.05, 0) is 37.1 Å². The number of aromatic nitrogens is 4. The van der Waals surface area contributed by atoms with Gasteiger partial charge in [-0.2, -0.15) is 5.10 Å². The van der Waals surface area contributed by atoms with Crippen molar-refractivity contribution in [3.05, 3.63) is 89.0 Å². The minimum atomic E-state index is -0.0690. The number of nitrogens with zero attached hydrogens (tertiary/aromatic N) is 5. The third-order valence-electron chi connectivity index (χ3n) is 6.01. The van der Waals surface area contributed by atoms with Crippen LogP contribution in [0.25, 0.3) is 28.0 Å². The summed E-state index contributed by atoms with van der Waals surface area (Å²) in [7, 11) is 0. The number of hydrogen-bond acceptors (Lipinski definition) is 4. The lowest BCUT2D eigenvalue weighted by Gasteiger charge is -2.32. The number of pyridine rings is 2. The van der Waals surface area contributed by atoms with Crippen molar-refractivity contribution in [2.75, 3.05) is 13.1 Å². The summed E-state index contributed by atoms with van der Waals surface area (Å²) in [5.41, 5.74) is 3.27. The summed E-state index contributed by atoms with van der Waals surface area (Å²) >= 11 is 6.60. The first-order valence-corrected chi connectivity index (χ1v) is 11.2. The minimum Gasteiger partial charge on any atom is -0.337 e. The van der Waals surface area contributed by atoms with Crippen molar-refractivity contribution in [1.29, 1.82) is 0 Å². The van der Waals surface area contributed by atoms with Gasteiger partial charge in [-0.3, -0.25) is 9.59 Å². The molecule has 0 N–H and O–H groups in total. The monoisotopic (exact) mass is 459 g/mol. The van der Waals surface area contributed by atoms with E-state index >= 15 is 0 Å². The molecule has 1 fully saturated rings. The van der Waals surface area contributed by atoms with Crippen molar-refractivity contribution in [3.8, 4) is 16.9 Å². The molecule has 0 aliphatic carbocycles. The lowest BCUT2D eigenvalue weighted by atomic mass is 10.1. The Kier molecular flexibility index (Phi) is 5.56. The van der Waals surface area contributed by atoms with Crippen molar-refractivity contribution in [2.45, 2.75) is 18.9 Å². The Morgan fingerprint density at radius 2 is 1.88 bits per heavy atom. The standard InChI is InChI=1S/C25H22ClN5O2/c1-2-22(33)30-13-3-4-19(16-30)31-25-23(21(26)9-12-27-25)24(28-31)17-5-7-18(8-6-17)29-14-10-20(32)11-15-29/h2,5-12,14-15,19H,1,3-4,13,16H2/t19-/m1/s1. The number of amides is 1. The van der Waals surface area contributed by atoms with Gasteiger partial charge in [0.1, 0.15) is 5.69 Å². The number of piperidine rings is 1. The molecule has 3 aromatic heterocycles. The molecule has 1 aliphatic heterocycles. The fourth-order valence-corrected chi connectivity index (χ4v) is 4.57. The number of rotatable bonds is 4. The van der Waals surface area contributed by atoms with Gasteiger partial charge >= 0.3 is 0 Å². The number of carbonyl (C=O) groups is 1. The predicted molar refractivity (Wildman–Crippen MR) is 129 cm³/mol. The molecule has 0 unspecified atom stereocenters. The number of carbonyl (C=O) groups excluding carboxylic acids is 1. The van der Waals surface area contributed by atoms with E-state index in [1.165, 1.54) is 18.2 Å². The van der Waals surface area contributed by atoms with Crippen molar-refractivity contribution < 1.29 is 4.79 Å². The molecule has 0 bridgehead atoms. The Hall–Kier alpha value is -3.71. The highest BCUT2D eigenvalue weighted by Gasteiger charge is 2.27. The van der Waals surface area contributed by atoms with Crippen LogP contribution < -0.4 is 5.43 Å². The lowest BCUT2D eigenvalue weighted by Crippen LogP contribution is -2.40. The highest BCUT2D eigenvalue weighted by molar-refractivity contribution is 6.36. The number of hydrogen-bond donors (Lipinski definition) is 0. The molecule has 33 heavy (non-hydrogen) atoms. The molecule has 5 rings (SSSR count). The first-order chi connectivity index (χ1) is 16.0. The average molecular weight is 460 g/mol. The zero-order valence-electron chi connectivity index (χ0n) is 17.9. The highest BCUT2D eigenvalue weighted by atomic mass is 35.5. The van der Waals surface area contributed by atoms with Gasteiger partial charge < -0.3 is 9.47 Å². The molecule has 1 saturated heterocycles. The molecule has 4 heterocycles. The molecular weight excluding hydrogens is 438 g/mol. The zero-order valence-corrected chi connectivity index (χ0v) is 18.7. The normalized spacial score (nSPS) is 16.2. The second-order valence-corrected chi connectivity index (χ2v) is 8.46. The van der Waals surface area contributed by atoms with E-state index in [0.29, 0.717) is 23.8 Å². The fourth-order valence-electron chi connectivity index (χ4n) is 4.34. The van der Waals surface area contributed by atoms with Gasteiger partial charge in [-0.25, -0.2) is 9.67 Å². The maximum Gasteiger partial charge on any atom is 0.246 e. The van der Waals surface area contributed by atoms with Gasteiger partial charge in [0, 0.05) is 55.1 Å². The molecule has 1 aliphatic rings. The van der Waals surface area contributed by atoms with Gasteiger partial charge in [0.2, 0.25) is 5.91 Å². The van der Waals surface area contributed by atoms with E-state index in [0.717, 1.165) is 35.2 Å². The summed E-state index contributed by atoms with van der Waals surface area (Å²) in [5.74, 6) is -0.0690. The summed E-state index contributed by atoms with van der Waals surface area (Å²) in [4.78, 5) is 30.0. The van der Waals surface area contributed by atoms with E-state index in [4.69, 9.17) is 16.7 Å². The summed E-state index contributed by atoms with van der Waals surface area (Å²) in [6.07, 6.45) is 8.30. The second kappa shape index (κ2) is 8.67. The molecule has 0 spiro atoms. The Bertz CT molecular complexity index is 1390. The summed E-state index contributed by atoms with van der Waals surface area (Å²) < 4.78 is 3.79. The van der Waals surface area contributed by atoms with Crippen LogP contribution in [0, 0.1) is 0 Å². The highest BCUT2D eigenvalue weighted by Crippen LogP contribution is 2.35. The molecule has 1 aromatic carbocycles. The molecule has 0 radical (unpaired) electrons. The van der Waals surface area contributed by atoms with Crippen LogP contribution in [0.3, 0.4) is 0 Å². The maximum absolute atomic E-state index is 12.2. The molecule has 1 atom stereocenters. The molecular formula is C25H22ClN5O2. The first-order valence-electron chi connectivity index (χ1n) is 10.8. The van der Waals surface area contributed by atoms with Gasteiger partial charge in [-0.1, -0.05) is 30.3 Å². The maximum atomic E-state index is 12.2. The van der Waals surface area contributed by atoms with Crippen LogP contribution in [0.2, 0.25) is 5.02 Å². The number of halogens is 1. The van der Waals surface area contributed by atoms with Crippen LogP contribution in [0.4, 0.5) is 0 Å². The molecule has 4 aromatic rings. The van der Waals surface area contributed by atoms with Gasteiger partial charge in [0.15, 0.2) is 11.1 Å². The number of benzene rings is 1. The predicted octanol–water partition coefficient (Wildman–Crippen LogP) is 4.25. The van der Waals surface area contributed by atoms with Gasteiger partial charge in [-0.15, -0.1) is 0 Å². The fraction of sp³-hybridized carbons (Fsp3) is 0.200. The van der Waals surface area contributed by atoms with E-state index in [1.54, 1.807) is 29.6 Å². The van der Waals surface area contributed by atoms with Crippen LogP contribution in [0.5, 0.6) is 0 Å². The Labute approximate surface area is 195 Å². The van der Waals surface area contributed by atoms with Gasteiger partial charge in [0.05, 0.1) is 16.5 Å². The van der Waals surface area contributed by atoms with Crippen molar-refractivity contribution in [3.63, 3.8) is 0 Å². The molecule has 166 valence electrons. The van der Waals surface area contributed by atoms with E-state index in [1.807, 2.05) is 33.5 Å². The second-order valence-electron chi connectivity index (χ2n) is 8.06. The third-order valence-corrected chi connectivity index (χ3v) is 6.32. The van der Waals surface area contributed by atoms with E-state index in [2.05, 4.69) is 11.6 Å². The van der Waals surface area contributed by atoms with E-state index < -0.39 is 0 Å². The summed E-state index contributed by atoms with van der Waals surface area (Å²) in [6, 6.07) is 12.7. The average Bonchev–Trinajstić information content (AvgIpc) is 3.25. The quantitative estimate of drug-likeness (QED) is 0.427. The molecule has 8 heteroatoms. The van der Waals surface area contributed by atoms with Crippen LogP contribution in [0.1, 0.15) is 18.9 Å². The van der Waals surface area contributed by atoms with Crippen molar-refractivity contribution in [2.24, 2.45) is 0 Å². The summed E-state index contributed by atoms with van der Waals surface area (Å²) in [6.45, 7) is 4.88. The smallest absolute Gasteiger partial charge is 0.246 e. The van der Waals surface area contributed by atoms with Crippen LogP contribution in [0.15, 0.2) is 78.5 Å². The molecule has 7 nitrogen and oxygen atoms in total. The zero-order chi connectivity index (χ0) is 22.9. The first kappa shape index (κ1) is 21.2. The van der Waals surface area contributed by atoms with Crippen molar-refractivity contribution >= 4 is 28.5 Å². The molecule has 0 saturated carbocycles. The lowest BCUT2D eigenvalue weighted by molar-refractivity contribution is -0.127. The van der Waals surface area contributed by atoms with Crippen LogP contribution >= 0.6 is 11.6 Å². The number of likely N-dealkylation sites (tertiary alicyclic amines) is 1. The number of fused-ring (bicyclic) bond motifs is 1. The topological polar surface area (TPSA) is 73.0 Å². The van der Waals surface area contributed by atoms with Crippen molar-refractivity contribution in [1.82, 2.24) is 24.2 Å². The Morgan fingerprint density at radius 1 is 1.12 bits per heavy atom. The Morgan fingerprint density at radius 3 is 2.61 bits per heavy atom. The minimum absolute atomic E-state index is 0.00491. The van der Waals surface area contributed by atoms with Gasteiger partial charge in [0.25, 0.3) is 0 Å².